The van der Waals surface area contributed by atoms with E-state index in [1.165, 1.54) is 11.3 Å². The molecule has 1 amide bonds. The number of thiazole rings is 1. The van der Waals surface area contributed by atoms with E-state index in [9.17, 15) is 4.79 Å². The van der Waals surface area contributed by atoms with E-state index >= 15 is 0 Å². The molecule has 0 saturated carbocycles. The number of pyridine rings is 1. The van der Waals surface area contributed by atoms with Crippen LogP contribution in [-0.4, -0.2) is 42.5 Å². The minimum atomic E-state index is 0.00713. The molecule has 0 radical (unpaired) electrons. The summed E-state index contributed by atoms with van der Waals surface area (Å²) in [5.74, 6) is 0.923. The third kappa shape index (κ3) is 2.76. The van der Waals surface area contributed by atoms with Crippen molar-refractivity contribution in [2.24, 2.45) is 0 Å². The van der Waals surface area contributed by atoms with Crippen LogP contribution in [0.3, 0.4) is 0 Å². The normalized spacial score (nSPS) is 21.0. The Bertz CT molecular complexity index is 909. The third-order valence-corrected chi connectivity index (χ3v) is 5.53. The van der Waals surface area contributed by atoms with Crippen LogP contribution in [0.15, 0.2) is 23.7 Å². The molecule has 3 aromatic heterocycles. The Morgan fingerprint density at radius 1 is 1.28 bits per heavy atom. The summed E-state index contributed by atoms with van der Waals surface area (Å²) in [7, 11) is 0. The predicted octanol–water partition coefficient (Wildman–Crippen LogP) is 2.84. The quantitative estimate of drug-likeness (QED) is 0.762. The van der Waals surface area contributed by atoms with E-state index in [1.807, 2.05) is 10.3 Å². The second kappa shape index (κ2) is 6.11. The van der Waals surface area contributed by atoms with Crippen molar-refractivity contribution in [3.63, 3.8) is 0 Å². The summed E-state index contributed by atoms with van der Waals surface area (Å²) in [6, 6.07) is 3.91. The van der Waals surface area contributed by atoms with Gasteiger partial charge >= 0.3 is 0 Å². The zero-order valence-electron chi connectivity index (χ0n) is 14.2. The molecule has 1 aliphatic heterocycles. The molecule has 4 rings (SSSR count). The number of carbonyl (C=O) groups is 1. The minimum Gasteiger partial charge on any atom is -0.384 e. The van der Waals surface area contributed by atoms with Crippen LogP contribution in [0, 0.1) is 0 Å². The molecule has 8 heteroatoms. The van der Waals surface area contributed by atoms with E-state index < -0.39 is 0 Å². The van der Waals surface area contributed by atoms with Crippen molar-refractivity contribution in [2.75, 3.05) is 5.73 Å². The molecular weight excluding hydrogens is 336 g/mol. The highest BCUT2D eigenvalue weighted by Gasteiger charge is 2.30. The zero-order valence-corrected chi connectivity index (χ0v) is 15.0. The summed E-state index contributed by atoms with van der Waals surface area (Å²) in [5.41, 5.74) is 7.25. The lowest BCUT2D eigenvalue weighted by Gasteiger charge is -2.39. The molecular formula is C17H20N6OS. The van der Waals surface area contributed by atoms with Gasteiger partial charge in [0.05, 0.1) is 0 Å². The van der Waals surface area contributed by atoms with E-state index in [1.54, 1.807) is 22.8 Å². The molecule has 7 nitrogen and oxygen atoms in total. The Hall–Kier alpha value is -2.48. The zero-order chi connectivity index (χ0) is 17.6. The molecule has 1 fully saturated rings. The Morgan fingerprint density at radius 3 is 2.72 bits per heavy atom. The fourth-order valence-electron chi connectivity index (χ4n) is 3.53. The second-order valence-corrected chi connectivity index (χ2v) is 7.45. The van der Waals surface area contributed by atoms with Crippen LogP contribution in [0.4, 0.5) is 5.82 Å². The van der Waals surface area contributed by atoms with Crippen LogP contribution in [0.5, 0.6) is 0 Å². The van der Waals surface area contributed by atoms with Gasteiger partial charge in [-0.25, -0.2) is 9.97 Å². The van der Waals surface area contributed by atoms with Crippen LogP contribution in [0.1, 0.15) is 43.5 Å². The van der Waals surface area contributed by atoms with Gasteiger partial charge < -0.3 is 10.6 Å². The van der Waals surface area contributed by atoms with E-state index in [-0.39, 0.29) is 18.0 Å². The van der Waals surface area contributed by atoms with E-state index in [2.05, 4.69) is 28.9 Å². The number of rotatable bonds is 2. The number of hydrogen-bond acceptors (Lipinski definition) is 6. The summed E-state index contributed by atoms with van der Waals surface area (Å²) in [6.45, 7) is 4.21. The molecule has 2 N–H and O–H groups in total. The molecule has 1 aliphatic rings. The topological polar surface area (TPSA) is 89.4 Å². The molecule has 1 saturated heterocycles. The molecule has 4 heterocycles. The van der Waals surface area contributed by atoms with Crippen molar-refractivity contribution in [1.29, 1.82) is 0 Å². The van der Waals surface area contributed by atoms with Crippen molar-refractivity contribution >= 4 is 28.7 Å². The Morgan fingerprint density at radius 2 is 2.04 bits per heavy atom. The van der Waals surface area contributed by atoms with Crippen molar-refractivity contribution in [1.82, 2.24) is 24.5 Å². The molecule has 2 unspecified atom stereocenters. The van der Waals surface area contributed by atoms with Gasteiger partial charge in [0.15, 0.2) is 10.7 Å². The van der Waals surface area contributed by atoms with Crippen molar-refractivity contribution in [3.05, 3.63) is 29.3 Å². The summed E-state index contributed by atoms with van der Waals surface area (Å²) in [4.78, 5) is 23.7. The van der Waals surface area contributed by atoms with Gasteiger partial charge in [-0.3, -0.25) is 4.79 Å². The number of anilines is 1. The Balaban J connectivity index is 1.74. The van der Waals surface area contributed by atoms with Gasteiger partial charge in [-0.15, -0.1) is 16.4 Å². The first-order valence-electron chi connectivity index (χ1n) is 8.43. The van der Waals surface area contributed by atoms with Crippen molar-refractivity contribution < 1.29 is 4.79 Å². The maximum absolute atomic E-state index is 13.1. The average molecular weight is 356 g/mol. The second-order valence-electron chi connectivity index (χ2n) is 6.55. The minimum absolute atomic E-state index is 0.00713. The summed E-state index contributed by atoms with van der Waals surface area (Å²) < 4.78 is 1.55. The first-order chi connectivity index (χ1) is 12.0. The molecule has 130 valence electrons. The highest BCUT2D eigenvalue weighted by atomic mass is 32.1. The molecule has 0 aliphatic carbocycles. The average Bonchev–Trinajstić information content (AvgIpc) is 3.23. The van der Waals surface area contributed by atoms with Crippen LogP contribution in [0.25, 0.3) is 16.5 Å². The monoisotopic (exact) mass is 356 g/mol. The van der Waals surface area contributed by atoms with Gasteiger partial charge in [0.25, 0.3) is 5.91 Å². The smallest absolute Gasteiger partial charge is 0.254 e. The number of nitrogens with zero attached hydrogens (tertiary/aromatic N) is 5. The largest absolute Gasteiger partial charge is 0.384 e. The third-order valence-electron chi connectivity index (χ3n) is 4.76. The molecule has 0 aromatic carbocycles. The summed E-state index contributed by atoms with van der Waals surface area (Å²) >= 11 is 1.47. The number of aromatic nitrogens is 4. The Labute approximate surface area is 149 Å². The number of amides is 1. The fraction of sp³-hybridized carbons (Fsp3) is 0.412. The van der Waals surface area contributed by atoms with Gasteiger partial charge in [-0.05, 0) is 45.2 Å². The van der Waals surface area contributed by atoms with Crippen LogP contribution in [-0.2, 0) is 0 Å². The first-order valence-corrected chi connectivity index (χ1v) is 9.31. The number of fused-ring (bicyclic) bond motifs is 1. The highest BCUT2D eigenvalue weighted by molar-refractivity contribution is 7.13. The lowest BCUT2D eigenvalue weighted by Crippen LogP contribution is -2.47. The van der Waals surface area contributed by atoms with Gasteiger partial charge in [0, 0.05) is 29.2 Å². The number of piperidine rings is 1. The number of likely N-dealkylation sites (tertiary alicyclic amines) is 1. The van der Waals surface area contributed by atoms with Gasteiger partial charge in [-0.2, -0.15) is 4.52 Å². The number of carbonyl (C=O) groups excluding carboxylic acids is 1. The molecule has 3 aromatic rings. The fourth-order valence-corrected chi connectivity index (χ4v) is 4.09. The molecule has 25 heavy (non-hydrogen) atoms. The molecule has 0 bridgehead atoms. The maximum Gasteiger partial charge on any atom is 0.254 e. The molecule has 0 spiro atoms. The van der Waals surface area contributed by atoms with E-state index in [4.69, 9.17) is 5.73 Å². The lowest BCUT2D eigenvalue weighted by molar-refractivity contribution is 0.0511. The van der Waals surface area contributed by atoms with Crippen LogP contribution in [0.2, 0.25) is 0 Å². The lowest BCUT2D eigenvalue weighted by atomic mass is 9.96. The number of hydrogen-bond donors (Lipinski definition) is 1. The van der Waals surface area contributed by atoms with Gasteiger partial charge in [-0.1, -0.05) is 0 Å². The number of nitrogens with two attached hydrogens (primary N) is 1. The highest BCUT2D eigenvalue weighted by Crippen LogP contribution is 2.26. The number of nitrogen functional groups attached to an aromatic ring is 1. The van der Waals surface area contributed by atoms with E-state index in [0.29, 0.717) is 22.9 Å². The maximum atomic E-state index is 13.1. The van der Waals surface area contributed by atoms with E-state index in [0.717, 1.165) is 24.3 Å². The van der Waals surface area contributed by atoms with Crippen molar-refractivity contribution in [2.45, 2.75) is 45.2 Å². The van der Waals surface area contributed by atoms with Crippen molar-refractivity contribution in [3.8, 4) is 10.8 Å². The Kier molecular flexibility index (Phi) is 3.91. The summed E-state index contributed by atoms with van der Waals surface area (Å²) in [6.07, 6.45) is 4.94. The standard InChI is InChI=1S/C17H20N6OS/c1-10-4-3-5-11(2)22(10)17(24)12-8-13(18)23-14(9-12)20-15(21-23)16-19-6-7-25-16/h6-11H,3-5,18H2,1-2H3. The van der Waals surface area contributed by atoms with Gasteiger partial charge in [0.1, 0.15) is 5.82 Å². The predicted molar refractivity (Wildman–Crippen MR) is 97.5 cm³/mol. The van der Waals surface area contributed by atoms with Crippen LogP contribution >= 0.6 is 11.3 Å². The first kappa shape index (κ1) is 16.0. The van der Waals surface area contributed by atoms with Crippen LogP contribution < -0.4 is 5.73 Å². The summed E-state index contributed by atoms with van der Waals surface area (Å²) in [5, 5.41) is 7.01. The SMILES string of the molecule is CC1CCCC(C)N1C(=O)c1cc(N)n2nc(-c3nccs3)nc2c1. The molecule has 2 atom stereocenters. The van der Waals surface area contributed by atoms with Gasteiger partial charge in [0.2, 0.25) is 5.82 Å².